The SMILES string of the molecule is CC(C)OC(=O)NC[C@@H](CN[C@]12CC[C@@H](C3(C)CC3)[C@@H]1[C@H]1CC[C@@H]3[C@@]4(C)CC[C@H](OC(=O)[C@H]5C[C@@H](C(=O)O)C5(C)C)C(C)(C)[C@@H]4CC[C@@]3(C)[C@]1(C)CC2)N1CCS(=O)(=O)CC1. The molecule has 12 heteroatoms. The van der Waals surface area contributed by atoms with Gasteiger partial charge in [0.1, 0.15) is 6.10 Å². The van der Waals surface area contributed by atoms with E-state index in [1.165, 1.54) is 51.4 Å². The van der Waals surface area contributed by atoms with Gasteiger partial charge >= 0.3 is 18.0 Å². The zero-order valence-corrected chi connectivity index (χ0v) is 40.2. The Kier molecular flexibility index (Phi) is 11.5. The van der Waals surface area contributed by atoms with Crippen LogP contribution in [0.4, 0.5) is 4.79 Å². The second-order valence-electron chi connectivity index (χ2n) is 24.5. The van der Waals surface area contributed by atoms with Crippen LogP contribution in [0.3, 0.4) is 0 Å². The molecule has 0 unspecified atom stereocenters. The molecular weight excluding hydrogens is 791 g/mol. The summed E-state index contributed by atoms with van der Waals surface area (Å²) >= 11 is 0. The number of fused-ring (bicyclic) bond motifs is 7. The number of rotatable bonds is 11. The number of hydrogen-bond acceptors (Lipinski definition) is 9. The molecule has 7 aliphatic carbocycles. The topological polar surface area (TPSA) is 151 Å². The van der Waals surface area contributed by atoms with Crippen LogP contribution in [0.1, 0.15) is 153 Å². The van der Waals surface area contributed by atoms with E-state index in [4.69, 9.17) is 9.47 Å². The number of ether oxygens (including phenoxy) is 2. The van der Waals surface area contributed by atoms with Crippen molar-refractivity contribution in [2.45, 2.75) is 176 Å². The van der Waals surface area contributed by atoms with E-state index in [-0.39, 0.29) is 68.8 Å². The number of alkyl carbamates (subject to hydrolysis) is 1. The number of carboxylic acid groups (broad SMARTS) is 1. The van der Waals surface area contributed by atoms with Crippen molar-refractivity contribution in [2.75, 3.05) is 37.7 Å². The molecule has 1 heterocycles. The summed E-state index contributed by atoms with van der Waals surface area (Å²) in [7, 11) is -3.05. The predicted molar refractivity (Wildman–Crippen MR) is 236 cm³/mol. The van der Waals surface area contributed by atoms with Gasteiger partial charge in [0.05, 0.1) is 29.4 Å². The monoisotopic (exact) mass is 872 g/mol. The van der Waals surface area contributed by atoms with Crippen molar-refractivity contribution in [3.63, 3.8) is 0 Å². The molecule has 0 aromatic heterocycles. The summed E-state index contributed by atoms with van der Waals surface area (Å²) in [5, 5.41) is 17.1. The smallest absolute Gasteiger partial charge is 0.407 e. The fourth-order valence-electron chi connectivity index (χ4n) is 16.6. The van der Waals surface area contributed by atoms with Gasteiger partial charge in [0.25, 0.3) is 0 Å². The Morgan fingerprint density at radius 3 is 2.05 bits per heavy atom. The van der Waals surface area contributed by atoms with Crippen molar-refractivity contribution in [2.24, 2.45) is 73.9 Å². The zero-order valence-electron chi connectivity index (χ0n) is 39.4. The zero-order chi connectivity index (χ0) is 44.3. The molecule has 7 saturated carbocycles. The lowest BCUT2D eigenvalue weighted by Gasteiger charge is -2.73. The summed E-state index contributed by atoms with van der Waals surface area (Å²) in [5.74, 6) is 1.32. The molecule has 1 saturated heterocycles. The average molecular weight is 872 g/mol. The Morgan fingerprint density at radius 2 is 1.43 bits per heavy atom. The van der Waals surface area contributed by atoms with Crippen LogP contribution < -0.4 is 10.6 Å². The molecule has 1 amide bonds. The van der Waals surface area contributed by atoms with Crippen molar-refractivity contribution in [3.8, 4) is 0 Å². The number of nitrogens with one attached hydrogen (secondary N) is 2. The molecule has 0 radical (unpaired) electrons. The lowest BCUT2D eigenvalue weighted by Crippen LogP contribution is -2.69. The predicted octanol–water partition coefficient (Wildman–Crippen LogP) is 8.10. The molecule has 0 aromatic carbocycles. The van der Waals surface area contributed by atoms with E-state index in [2.05, 4.69) is 57.1 Å². The maximum absolute atomic E-state index is 13.7. The largest absolute Gasteiger partial charge is 0.481 e. The Morgan fingerprint density at radius 1 is 0.738 bits per heavy atom. The molecule has 13 atom stereocenters. The van der Waals surface area contributed by atoms with Gasteiger partial charge in [0, 0.05) is 43.2 Å². The first-order valence-corrected chi connectivity index (χ1v) is 26.2. The molecule has 3 N–H and O–H groups in total. The van der Waals surface area contributed by atoms with Crippen LogP contribution in [0.2, 0.25) is 0 Å². The van der Waals surface area contributed by atoms with Crippen LogP contribution in [-0.4, -0.2) is 97.9 Å². The number of amides is 1. The second-order valence-corrected chi connectivity index (χ2v) is 26.8. The standard InChI is InChI=1S/C49H81N3O8S/c1-30(2)59-42(56)50-28-31(52-23-25-61(57,58)26-24-52)29-51-49-18-13-32(45(7)19-20-45)39(49)33-11-12-37-46(8)16-15-38(60-41(55)35-27-34(40(53)54)43(35,3)4)44(5,6)36(46)14-17-48(37,10)47(33,9)21-22-49/h30-39,51H,11-29H2,1-10H3,(H,50,56)(H,53,54)/t31-,32+,33+,34-,35+,36-,37+,38-,39+,46-,47+,48+,49-/m0/s1. The van der Waals surface area contributed by atoms with Gasteiger partial charge < -0.3 is 25.2 Å². The van der Waals surface area contributed by atoms with E-state index >= 15 is 0 Å². The highest BCUT2D eigenvalue weighted by Gasteiger charge is 2.72. The molecular formula is C49H81N3O8S. The van der Waals surface area contributed by atoms with Gasteiger partial charge in [0.15, 0.2) is 9.84 Å². The van der Waals surface area contributed by atoms with E-state index in [1.54, 1.807) is 0 Å². The molecule has 0 aromatic rings. The highest BCUT2D eigenvalue weighted by molar-refractivity contribution is 7.91. The highest BCUT2D eigenvalue weighted by Crippen LogP contribution is 2.78. The maximum Gasteiger partial charge on any atom is 0.407 e. The maximum atomic E-state index is 13.7. The van der Waals surface area contributed by atoms with Crippen molar-refractivity contribution in [1.29, 1.82) is 0 Å². The van der Waals surface area contributed by atoms with Gasteiger partial charge in [0.2, 0.25) is 0 Å². The van der Waals surface area contributed by atoms with E-state index in [9.17, 15) is 27.9 Å². The van der Waals surface area contributed by atoms with Crippen LogP contribution in [0.25, 0.3) is 0 Å². The number of esters is 1. The van der Waals surface area contributed by atoms with E-state index in [0.29, 0.717) is 67.6 Å². The fourth-order valence-corrected chi connectivity index (χ4v) is 17.8. The summed E-state index contributed by atoms with van der Waals surface area (Å²) in [5.41, 5.74) is 0.169. The minimum absolute atomic E-state index is 0.0205. The number of carbonyl (C=O) groups is 3. The van der Waals surface area contributed by atoms with Gasteiger partial charge in [-0.15, -0.1) is 0 Å². The van der Waals surface area contributed by atoms with Crippen LogP contribution in [0, 0.1) is 73.9 Å². The first-order chi connectivity index (χ1) is 28.3. The molecule has 8 rings (SSSR count). The van der Waals surface area contributed by atoms with E-state index < -0.39 is 33.2 Å². The van der Waals surface area contributed by atoms with Gasteiger partial charge in [-0.3, -0.25) is 14.5 Å². The van der Waals surface area contributed by atoms with Gasteiger partial charge in [-0.05, 0) is 154 Å². The van der Waals surface area contributed by atoms with Crippen molar-refractivity contribution >= 4 is 27.9 Å². The quantitative estimate of drug-likeness (QED) is 0.174. The number of sulfone groups is 1. The summed E-state index contributed by atoms with van der Waals surface area (Å²) < 4.78 is 36.9. The molecule has 8 fully saturated rings. The third-order valence-corrected chi connectivity index (χ3v) is 22.4. The van der Waals surface area contributed by atoms with E-state index in [1.807, 2.05) is 27.7 Å². The molecule has 8 aliphatic rings. The van der Waals surface area contributed by atoms with Gasteiger partial charge in [-0.25, -0.2) is 13.2 Å². The first kappa shape index (κ1) is 45.6. The third-order valence-electron chi connectivity index (χ3n) is 20.8. The molecule has 0 bridgehead atoms. The Hall–Kier alpha value is -1.92. The Balaban J connectivity index is 1.02. The summed E-state index contributed by atoms with van der Waals surface area (Å²) in [6.45, 7) is 24.9. The fraction of sp³-hybridized carbons (Fsp3) is 0.939. The van der Waals surface area contributed by atoms with Crippen molar-refractivity contribution in [1.82, 2.24) is 15.5 Å². The van der Waals surface area contributed by atoms with Gasteiger partial charge in [-0.1, -0.05) is 55.4 Å². The average Bonchev–Trinajstić information content (AvgIpc) is 3.78. The van der Waals surface area contributed by atoms with Crippen molar-refractivity contribution < 1.29 is 37.4 Å². The summed E-state index contributed by atoms with van der Waals surface area (Å²) in [6, 6.07) is -0.0304. The van der Waals surface area contributed by atoms with Crippen molar-refractivity contribution in [3.05, 3.63) is 0 Å². The lowest BCUT2D eigenvalue weighted by atomic mass is 9.32. The molecule has 11 nitrogen and oxygen atoms in total. The number of carbonyl (C=O) groups excluding carboxylic acids is 2. The molecule has 1 aliphatic heterocycles. The number of aliphatic carboxylic acids is 1. The minimum atomic E-state index is -3.05. The normalized spacial score (nSPS) is 44.5. The summed E-state index contributed by atoms with van der Waals surface area (Å²) in [4.78, 5) is 40.6. The highest BCUT2D eigenvalue weighted by atomic mass is 32.2. The third kappa shape index (κ3) is 7.40. The molecule has 0 spiro atoms. The first-order valence-electron chi connectivity index (χ1n) is 24.4. The minimum Gasteiger partial charge on any atom is -0.481 e. The van der Waals surface area contributed by atoms with Crippen LogP contribution in [-0.2, 0) is 28.9 Å². The number of nitrogens with zero attached hydrogens (tertiary/aromatic N) is 1. The Bertz CT molecular complexity index is 1830. The van der Waals surface area contributed by atoms with Crippen LogP contribution in [0.15, 0.2) is 0 Å². The molecule has 61 heavy (non-hydrogen) atoms. The molecule has 346 valence electrons. The van der Waals surface area contributed by atoms with E-state index in [0.717, 1.165) is 25.7 Å². The lowest BCUT2D eigenvalue weighted by molar-refractivity contribution is -0.249. The number of carboxylic acids is 1. The van der Waals surface area contributed by atoms with Crippen LogP contribution in [0.5, 0.6) is 0 Å². The summed E-state index contributed by atoms with van der Waals surface area (Å²) in [6.07, 6.45) is 13.7. The van der Waals surface area contributed by atoms with Gasteiger partial charge in [-0.2, -0.15) is 0 Å². The number of hydrogen-bond donors (Lipinski definition) is 3. The van der Waals surface area contributed by atoms with Crippen LogP contribution >= 0.6 is 0 Å². The second kappa shape index (κ2) is 15.3. The Labute approximate surface area is 367 Å².